The fourth-order valence-electron chi connectivity index (χ4n) is 2.63. The predicted octanol–water partition coefficient (Wildman–Crippen LogP) is 3.66. The number of hydrogen-bond donors (Lipinski definition) is 2. The van der Waals surface area contributed by atoms with E-state index in [0.29, 0.717) is 12.0 Å². The quantitative estimate of drug-likeness (QED) is 0.705. The van der Waals surface area contributed by atoms with E-state index in [-0.39, 0.29) is 5.75 Å². The van der Waals surface area contributed by atoms with Crippen LogP contribution in [-0.4, -0.2) is 28.4 Å². The predicted molar refractivity (Wildman–Crippen MR) is 94.8 cm³/mol. The number of aromatic hydroxyl groups is 1. The smallest absolute Gasteiger partial charge is 0.328 e. The van der Waals surface area contributed by atoms with Crippen molar-refractivity contribution < 1.29 is 15.0 Å². The molecule has 0 aliphatic carbocycles. The molecule has 4 heteroatoms. The zero-order valence-corrected chi connectivity index (χ0v) is 13.0. The number of hydrogen-bond acceptors (Lipinski definition) is 3. The normalized spacial score (nSPS) is 12.5. The standard InChI is InChI=1S/C20H17NO3/c22-19-11-10-15-8-4-5-9-16(15)17(19)13-21-18(20(23)24)12-14-6-2-1-3-7-14/h1-11,13,18,22H,12H2,(H,23,24)/t18-/m0/s1. The summed E-state index contributed by atoms with van der Waals surface area (Å²) in [4.78, 5) is 15.7. The minimum Gasteiger partial charge on any atom is -0.507 e. The molecule has 0 aromatic heterocycles. The van der Waals surface area contributed by atoms with Crippen molar-refractivity contribution in [1.29, 1.82) is 0 Å². The lowest BCUT2D eigenvalue weighted by molar-refractivity contribution is -0.138. The van der Waals surface area contributed by atoms with E-state index in [1.54, 1.807) is 6.07 Å². The van der Waals surface area contributed by atoms with E-state index in [9.17, 15) is 15.0 Å². The zero-order valence-electron chi connectivity index (χ0n) is 13.0. The fraction of sp³-hybridized carbons (Fsp3) is 0.100. The third-order valence-electron chi connectivity index (χ3n) is 3.89. The van der Waals surface area contributed by atoms with Gasteiger partial charge in [0.2, 0.25) is 0 Å². The summed E-state index contributed by atoms with van der Waals surface area (Å²) in [6, 6.07) is 19.5. The number of carbonyl (C=O) groups is 1. The van der Waals surface area contributed by atoms with Gasteiger partial charge < -0.3 is 10.2 Å². The molecule has 3 aromatic carbocycles. The maximum absolute atomic E-state index is 11.5. The van der Waals surface area contributed by atoms with Gasteiger partial charge in [-0.2, -0.15) is 0 Å². The highest BCUT2D eigenvalue weighted by atomic mass is 16.4. The molecule has 0 saturated heterocycles. The molecular weight excluding hydrogens is 302 g/mol. The van der Waals surface area contributed by atoms with Crippen LogP contribution >= 0.6 is 0 Å². The first-order valence-electron chi connectivity index (χ1n) is 7.66. The van der Waals surface area contributed by atoms with Gasteiger partial charge in [-0.15, -0.1) is 0 Å². The molecule has 0 aliphatic heterocycles. The Hall–Kier alpha value is -3.14. The molecule has 0 unspecified atom stereocenters. The maximum Gasteiger partial charge on any atom is 0.328 e. The molecule has 3 rings (SSSR count). The zero-order chi connectivity index (χ0) is 16.9. The van der Waals surface area contributed by atoms with Crippen LogP contribution in [0.3, 0.4) is 0 Å². The minimum absolute atomic E-state index is 0.0845. The third-order valence-corrected chi connectivity index (χ3v) is 3.89. The number of aliphatic imine (C=N–C) groups is 1. The van der Waals surface area contributed by atoms with E-state index >= 15 is 0 Å². The van der Waals surface area contributed by atoms with Gasteiger partial charge in [-0.25, -0.2) is 4.79 Å². The van der Waals surface area contributed by atoms with Gasteiger partial charge in [-0.1, -0.05) is 60.7 Å². The Labute approximate surface area is 139 Å². The lowest BCUT2D eigenvalue weighted by Crippen LogP contribution is -2.20. The molecule has 120 valence electrons. The second-order valence-corrected chi connectivity index (χ2v) is 5.54. The molecule has 24 heavy (non-hydrogen) atoms. The molecule has 0 saturated carbocycles. The first-order valence-corrected chi connectivity index (χ1v) is 7.66. The number of rotatable bonds is 5. The monoisotopic (exact) mass is 319 g/mol. The van der Waals surface area contributed by atoms with Gasteiger partial charge in [0.15, 0.2) is 6.04 Å². The van der Waals surface area contributed by atoms with Gasteiger partial charge in [0, 0.05) is 18.2 Å². The lowest BCUT2D eigenvalue weighted by atomic mass is 10.0. The van der Waals surface area contributed by atoms with Crippen molar-refractivity contribution in [2.75, 3.05) is 0 Å². The number of fused-ring (bicyclic) bond motifs is 1. The fourth-order valence-corrected chi connectivity index (χ4v) is 2.63. The van der Waals surface area contributed by atoms with E-state index in [2.05, 4.69) is 4.99 Å². The van der Waals surface area contributed by atoms with Crippen molar-refractivity contribution in [2.24, 2.45) is 4.99 Å². The Morgan fingerprint density at radius 1 is 1.00 bits per heavy atom. The number of phenolic OH excluding ortho intramolecular Hbond substituents is 1. The summed E-state index contributed by atoms with van der Waals surface area (Å²) in [5.74, 6) is -0.906. The van der Waals surface area contributed by atoms with Gasteiger partial charge >= 0.3 is 5.97 Å². The average molecular weight is 319 g/mol. The Morgan fingerprint density at radius 3 is 2.46 bits per heavy atom. The number of carboxylic acids is 1. The molecule has 0 bridgehead atoms. The van der Waals surface area contributed by atoms with Crippen LogP contribution in [0.1, 0.15) is 11.1 Å². The molecule has 2 N–H and O–H groups in total. The van der Waals surface area contributed by atoms with Crippen molar-refractivity contribution >= 4 is 23.0 Å². The summed E-state index contributed by atoms with van der Waals surface area (Å²) in [5.41, 5.74) is 1.44. The molecule has 0 spiro atoms. The molecular formula is C20H17NO3. The Balaban J connectivity index is 1.93. The highest BCUT2D eigenvalue weighted by Gasteiger charge is 2.16. The summed E-state index contributed by atoms with van der Waals surface area (Å²) in [6.07, 6.45) is 1.76. The first-order chi connectivity index (χ1) is 11.6. The van der Waals surface area contributed by atoms with Crippen molar-refractivity contribution in [3.8, 4) is 5.75 Å². The van der Waals surface area contributed by atoms with E-state index < -0.39 is 12.0 Å². The van der Waals surface area contributed by atoms with Crippen LogP contribution in [-0.2, 0) is 11.2 Å². The SMILES string of the molecule is O=C(O)[C@H](Cc1ccccc1)N=Cc1c(O)ccc2ccccc12. The van der Waals surface area contributed by atoms with Crippen molar-refractivity contribution in [1.82, 2.24) is 0 Å². The van der Waals surface area contributed by atoms with Gasteiger partial charge in [0.1, 0.15) is 5.75 Å². The second-order valence-electron chi connectivity index (χ2n) is 5.54. The summed E-state index contributed by atoms with van der Waals surface area (Å²) >= 11 is 0. The average Bonchev–Trinajstić information content (AvgIpc) is 2.60. The number of phenols is 1. The highest BCUT2D eigenvalue weighted by Crippen LogP contribution is 2.25. The van der Waals surface area contributed by atoms with Crippen LogP contribution in [0.4, 0.5) is 0 Å². The van der Waals surface area contributed by atoms with Gasteiger partial charge in [0.05, 0.1) is 0 Å². The lowest BCUT2D eigenvalue weighted by Gasteiger charge is -2.09. The topological polar surface area (TPSA) is 69.9 Å². The molecule has 0 heterocycles. The molecule has 3 aromatic rings. The van der Waals surface area contributed by atoms with Crippen LogP contribution < -0.4 is 0 Å². The molecule has 0 aliphatic rings. The van der Waals surface area contributed by atoms with Crippen LogP contribution in [0.15, 0.2) is 71.7 Å². The Kier molecular flexibility index (Phi) is 4.57. The number of aliphatic carboxylic acids is 1. The van der Waals surface area contributed by atoms with E-state index in [4.69, 9.17) is 0 Å². The second kappa shape index (κ2) is 6.96. The molecule has 4 nitrogen and oxygen atoms in total. The van der Waals surface area contributed by atoms with Crippen molar-refractivity contribution in [3.63, 3.8) is 0 Å². The van der Waals surface area contributed by atoms with Gasteiger partial charge in [0.25, 0.3) is 0 Å². The summed E-state index contributed by atoms with van der Waals surface area (Å²) in [7, 11) is 0. The molecule has 1 atom stereocenters. The minimum atomic E-state index is -0.991. The molecule has 0 amide bonds. The van der Waals surface area contributed by atoms with Crippen LogP contribution in [0, 0.1) is 0 Å². The summed E-state index contributed by atoms with van der Waals surface area (Å²) in [6.45, 7) is 0. The molecule has 0 fully saturated rings. The van der Waals surface area contributed by atoms with Gasteiger partial charge in [-0.05, 0) is 22.4 Å². The van der Waals surface area contributed by atoms with Gasteiger partial charge in [-0.3, -0.25) is 4.99 Å². The van der Waals surface area contributed by atoms with Crippen LogP contribution in [0.25, 0.3) is 10.8 Å². The number of benzene rings is 3. The summed E-state index contributed by atoms with van der Waals surface area (Å²) in [5, 5.41) is 21.3. The number of carboxylic acid groups (broad SMARTS) is 1. The van der Waals surface area contributed by atoms with Crippen molar-refractivity contribution in [2.45, 2.75) is 12.5 Å². The Morgan fingerprint density at radius 2 is 1.71 bits per heavy atom. The summed E-state index contributed by atoms with van der Waals surface area (Å²) < 4.78 is 0. The van der Waals surface area contributed by atoms with Crippen molar-refractivity contribution in [3.05, 3.63) is 77.9 Å². The van der Waals surface area contributed by atoms with Crippen LogP contribution in [0.2, 0.25) is 0 Å². The number of nitrogens with zero attached hydrogens (tertiary/aromatic N) is 1. The van der Waals surface area contributed by atoms with E-state index in [0.717, 1.165) is 16.3 Å². The Bertz CT molecular complexity index is 888. The van der Waals surface area contributed by atoms with E-state index in [1.165, 1.54) is 6.21 Å². The molecule has 0 radical (unpaired) electrons. The third kappa shape index (κ3) is 3.43. The maximum atomic E-state index is 11.5. The highest BCUT2D eigenvalue weighted by molar-refractivity contribution is 6.02. The van der Waals surface area contributed by atoms with E-state index in [1.807, 2.05) is 60.7 Å². The van der Waals surface area contributed by atoms with Crippen LogP contribution in [0.5, 0.6) is 5.75 Å². The largest absolute Gasteiger partial charge is 0.507 e. The first kappa shape index (κ1) is 15.7.